The third-order valence-corrected chi connectivity index (χ3v) is 4.08. The van der Waals surface area contributed by atoms with Gasteiger partial charge in [0.2, 0.25) is 0 Å². The van der Waals surface area contributed by atoms with E-state index in [1.807, 2.05) is 0 Å². The third kappa shape index (κ3) is 5.28. The Morgan fingerprint density at radius 2 is 1.82 bits per heavy atom. The Morgan fingerprint density at radius 1 is 1.18 bits per heavy atom. The van der Waals surface area contributed by atoms with Crippen molar-refractivity contribution in [3.63, 3.8) is 0 Å². The van der Waals surface area contributed by atoms with E-state index in [9.17, 15) is 0 Å². The second kappa shape index (κ2) is 8.21. The van der Waals surface area contributed by atoms with Gasteiger partial charge in [-0.05, 0) is 0 Å². The molecule has 121 valence electrons. The molecule has 1 atom stereocenters. The quantitative estimate of drug-likeness (QED) is 0.442. The molecule has 0 bridgehead atoms. The van der Waals surface area contributed by atoms with E-state index in [0.29, 0.717) is 0 Å². The average Bonchev–Trinajstić information content (AvgIpc) is 2.68. The van der Waals surface area contributed by atoms with Gasteiger partial charge in [0.15, 0.2) is 0 Å². The maximum Gasteiger partial charge on any atom is -1.00 e. The number of hydrogen-bond donors (Lipinski definition) is 0. The minimum Gasteiger partial charge on any atom is -1.00 e. The third-order valence-electron chi connectivity index (χ3n) is 3.37. The van der Waals surface area contributed by atoms with Crippen molar-refractivity contribution in [2.45, 2.75) is 58.8 Å². The molecule has 0 heterocycles. The van der Waals surface area contributed by atoms with Crippen LogP contribution in [-0.2, 0) is 29.9 Å². The molecule has 0 amide bonds. The molecule has 0 saturated heterocycles. The van der Waals surface area contributed by atoms with Crippen molar-refractivity contribution in [3.8, 4) is 0 Å². The van der Waals surface area contributed by atoms with Gasteiger partial charge in [-0.25, -0.2) is 0 Å². The first-order chi connectivity index (χ1) is 9.22. The average molecular weight is 378 g/mol. The summed E-state index contributed by atoms with van der Waals surface area (Å²) >= 11 is 2.11. The van der Waals surface area contributed by atoms with Gasteiger partial charge in [0.1, 0.15) is 0 Å². The van der Waals surface area contributed by atoms with Crippen LogP contribution in [0.2, 0.25) is 0 Å². The summed E-state index contributed by atoms with van der Waals surface area (Å²) in [6.45, 7) is 10.4. The number of hydrogen-bond acceptors (Lipinski definition) is 2. The van der Waals surface area contributed by atoms with E-state index in [4.69, 9.17) is 9.47 Å². The smallest absolute Gasteiger partial charge is 1.00 e. The molecule has 22 heavy (non-hydrogen) atoms. The number of halogens is 2. The molecule has 2 aliphatic rings. The van der Waals surface area contributed by atoms with Crippen LogP contribution in [0.15, 0.2) is 45.1 Å². The van der Waals surface area contributed by atoms with Crippen molar-refractivity contribution in [1.82, 2.24) is 0 Å². The molecular weight excluding hydrogens is 355 g/mol. The Balaban J connectivity index is 0.00000220. The molecule has 0 saturated carbocycles. The second-order valence-corrected chi connectivity index (χ2v) is 7.44. The van der Waals surface area contributed by atoms with Crippen LogP contribution in [0, 0.1) is 0 Å². The molecule has 0 radical (unpaired) electrons. The van der Waals surface area contributed by atoms with E-state index in [1.165, 1.54) is 9.45 Å². The molecule has 0 fully saturated rings. The second-order valence-electron chi connectivity index (χ2n) is 6.50. The van der Waals surface area contributed by atoms with E-state index in [0.717, 1.165) is 24.2 Å². The maximum atomic E-state index is 6.35. The first-order valence-corrected chi connectivity index (χ1v) is 7.86. The summed E-state index contributed by atoms with van der Waals surface area (Å²) in [6.07, 6.45) is 10.3. The summed E-state index contributed by atoms with van der Waals surface area (Å²) < 4.78 is 13.9. The molecular formula is C17H23Cl2O2Ti. The van der Waals surface area contributed by atoms with Crippen LogP contribution < -0.4 is 24.8 Å². The summed E-state index contributed by atoms with van der Waals surface area (Å²) in [5.41, 5.74) is 2.14. The van der Waals surface area contributed by atoms with E-state index < -0.39 is 5.79 Å². The molecule has 2 aliphatic carbocycles. The van der Waals surface area contributed by atoms with Gasteiger partial charge >= 0.3 is 134 Å². The van der Waals surface area contributed by atoms with Crippen LogP contribution in [0.5, 0.6) is 0 Å². The van der Waals surface area contributed by atoms with Gasteiger partial charge < -0.3 is 24.8 Å². The predicted octanol–water partition coefficient (Wildman–Crippen LogP) is -1.46. The van der Waals surface area contributed by atoms with Crippen molar-refractivity contribution in [2.24, 2.45) is 0 Å². The normalized spacial score (nSPS) is 24.3. The number of ether oxygens (including phenoxy) is 2. The fraction of sp³-hybridized carbons (Fsp3) is 0.529. The Hall–Kier alpha value is 0.0143. The fourth-order valence-electron chi connectivity index (χ4n) is 2.48. The molecule has 0 spiro atoms. The SMILES string of the molecule is CC1=CCC(OC2=[C]([Ti+2])CC=C2)(OC(C)(C)C)C(C)=C1.[Cl-].[Cl-]. The molecule has 2 nitrogen and oxygen atoms in total. The van der Waals surface area contributed by atoms with Crippen molar-refractivity contribution < 1.29 is 54.7 Å². The van der Waals surface area contributed by atoms with Crippen molar-refractivity contribution in [1.29, 1.82) is 0 Å². The standard InChI is InChI=1S/C17H23O2.2ClH.Ti/c1-13-10-11-17(14(2)12-13,19-16(3,4)5)18-15-8-6-7-9-15;;;/h6,8,10,12H,7,11H2,1-5H3;2*1H;/q;;;+2/p-2. The van der Waals surface area contributed by atoms with Gasteiger partial charge in [0.25, 0.3) is 0 Å². The first kappa shape index (κ1) is 22.0. The van der Waals surface area contributed by atoms with Crippen molar-refractivity contribution >= 4 is 0 Å². The van der Waals surface area contributed by atoms with Gasteiger partial charge in [-0.1, -0.05) is 0 Å². The summed E-state index contributed by atoms with van der Waals surface area (Å²) in [6, 6.07) is 0. The van der Waals surface area contributed by atoms with Crippen LogP contribution in [0.3, 0.4) is 0 Å². The van der Waals surface area contributed by atoms with Crippen molar-refractivity contribution in [3.05, 3.63) is 45.1 Å². The monoisotopic (exact) mass is 377 g/mol. The van der Waals surface area contributed by atoms with E-state index in [2.05, 4.69) is 79.4 Å². The molecule has 0 aromatic heterocycles. The Labute approximate surface area is 158 Å². The zero-order valence-corrected chi connectivity index (χ0v) is 16.9. The van der Waals surface area contributed by atoms with Crippen LogP contribution in [0.25, 0.3) is 0 Å². The van der Waals surface area contributed by atoms with Crippen LogP contribution >= 0.6 is 0 Å². The molecule has 0 N–H and O–H groups in total. The van der Waals surface area contributed by atoms with Gasteiger partial charge in [-0.3, -0.25) is 0 Å². The van der Waals surface area contributed by atoms with Gasteiger partial charge in [0, 0.05) is 0 Å². The molecule has 0 aliphatic heterocycles. The molecule has 0 aromatic carbocycles. The topological polar surface area (TPSA) is 18.5 Å². The van der Waals surface area contributed by atoms with Gasteiger partial charge in [-0.2, -0.15) is 0 Å². The predicted molar refractivity (Wildman–Crippen MR) is 77.6 cm³/mol. The Bertz CT molecular complexity index is 527. The number of rotatable bonds is 3. The summed E-state index contributed by atoms with van der Waals surface area (Å²) in [7, 11) is 0. The number of allylic oxidation sites excluding steroid dienone is 5. The minimum atomic E-state index is -0.678. The molecule has 1 unspecified atom stereocenters. The largest absolute Gasteiger partial charge is 1.00 e. The van der Waals surface area contributed by atoms with Crippen LogP contribution in [0.1, 0.15) is 47.5 Å². The van der Waals surface area contributed by atoms with E-state index in [1.54, 1.807) is 0 Å². The van der Waals surface area contributed by atoms with Crippen LogP contribution in [0.4, 0.5) is 0 Å². The van der Waals surface area contributed by atoms with E-state index in [-0.39, 0.29) is 30.4 Å². The first-order valence-electron chi connectivity index (χ1n) is 7.08. The van der Waals surface area contributed by atoms with Gasteiger partial charge in [-0.15, -0.1) is 0 Å². The van der Waals surface area contributed by atoms with Crippen LogP contribution in [-0.4, -0.2) is 11.4 Å². The molecule has 0 aromatic rings. The maximum absolute atomic E-state index is 6.35. The van der Waals surface area contributed by atoms with E-state index >= 15 is 0 Å². The fourth-order valence-corrected chi connectivity index (χ4v) is 2.88. The summed E-state index contributed by atoms with van der Waals surface area (Å²) in [5, 5.41) is 0. The van der Waals surface area contributed by atoms with Crippen molar-refractivity contribution in [2.75, 3.05) is 0 Å². The van der Waals surface area contributed by atoms with Gasteiger partial charge in [0.05, 0.1) is 0 Å². The Morgan fingerprint density at radius 3 is 2.27 bits per heavy atom. The molecule has 2 rings (SSSR count). The summed E-state index contributed by atoms with van der Waals surface area (Å²) in [4.78, 5) is 0. The Kier molecular flexibility index (Phi) is 8.22. The zero-order chi connectivity index (χ0) is 15.0. The zero-order valence-electron chi connectivity index (χ0n) is 13.8. The molecule has 5 heteroatoms. The summed E-state index contributed by atoms with van der Waals surface area (Å²) in [5.74, 6) is 0.276. The minimum absolute atomic E-state index is 0.